The van der Waals surface area contributed by atoms with Gasteiger partial charge in [0.2, 0.25) is 11.8 Å². The molecule has 0 bridgehead atoms. The van der Waals surface area contributed by atoms with Crippen molar-refractivity contribution in [3.8, 4) is 5.75 Å². The number of methoxy groups -OCH3 is 1. The highest BCUT2D eigenvalue weighted by atomic mass is 32.2. The number of amides is 2. The molecule has 1 unspecified atom stereocenters. The molecule has 0 heterocycles. The standard InChI is InChI=1S/C40H47N3O5S/c1-29-21-23-36(24-22-29)49(46,47)43(37-20-11-13-30(2)31(37)3)28-39(44)42(27-33-16-12-19-35(25-33)48-4)38(26-32-14-7-5-8-15-32)40(45)41-34-17-9-6-10-18-34/h5,7-8,11-16,19-25,34,38H,6,9-10,17-18,26-28H2,1-4H3,(H,41,45). The molecule has 1 aliphatic rings. The molecule has 1 fully saturated rings. The Morgan fingerprint density at radius 2 is 1.51 bits per heavy atom. The zero-order valence-corrected chi connectivity index (χ0v) is 29.7. The van der Waals surface area contributed by atoms with Crippen LogP contribution >= 0.6 is 0 Å². The fraction of sp³-hybridized carbons (Fsp3) is 0.350. The van der Waals surface area contributed by atoms with Crippen molar-refractivity contribution < 1.29 is 22.7 Å². The second-order valence-electron chi connectivity index (χ2n) is 13.0. The lowest BCUT2D eigenvalue weighted by atomic mass is 9.94. The van der Waals surface area contributed by atoms with Crippen LogP contribution in [0.2, 0.25) is 0 Å². The highest BCUT2D eigenvalue weighted by Crippen LogP contribution is 2.30. The Labute approximate surface area is 291 Å². The number of nitrogens with zero attached hydrogens (tertiary/aromatic N) is 2. The van der Waals surface area contributed by atoms with Crippen molar-refractivity contribution in [2.45, 2.75) is 82.8 Å². The molecule has 0 aromatic heterocycles. The van der Waals surface area contributed by atoms with E-state index in [1.807, 2.05) is 81.4 Å². The molecule has 0 radical (unpaired) electrons. The van der Waals surface area contributed by atoms with E-state index in [0.717, 1.165) is 59.9 Å². The fourth-order valence-corrected chi connectivity index (χ4v) is 7.89. The second kappa shape index (κ2) is 16.2. The van der Waals surface area contributed by atoms with E-state index in [9.17, 15) is 18.0 Å². The molecule has 0 spiro atoms. The number of sulfonamides is 1. The van der Waals surface area contributed by atoms with Gasteiger partial charge in [0, 0.05) is 19.0 Å². The van der Waals surface area contributed by atoms with Crippen LogP contribution in [0.4, 0.5) is 5.69 Å². The van der Waals surface area contributed by atoms with Gasteiger partial charge in [-0.3, -0.25) is 13.9 Å². The highest BCUT2D eigenvalue weighted by molar-refractivity contribution is 7.92. The van der Waals surface area contributed by atoms with Gasteiger partial charge in [0.1, 0.15) is 18.3 Å². The number of carbonyl (C=O) groups is 2. The van der Waals surface area contributed by atoms with Gasteiger partial charge in [0.15, 0.2) is 0 Å². The fourth-order valence-electron chi connectivity index (χ4n) is 6.42. The van der Waals surface area contributed by atoms with E-state index in [1.54, 1.807) is 48.4 Å². The summed E-state index contributed by atoms with van der Waals surface area (Å²) in [5.41, 5.74) is 4.65. The zero-order valence-electron chi connectivity index (χ0n) is 28.9. The van der Waals surface area contributed by atoms with Crippen LogP contribution in [0, 0.1) is 20.8 Å². The molecule has 1 saturated carbocycles. The maximum Gasteiger partial charge on any atom is 0.264 e. The summed E-state index contributed by atoms with van der Waals surface area (Å²) in [6, 6.07) is 28.2. The van der Waals surface area contributed by atoms with E-state index < -0.39 is 28.5 Å². The predicted octanol–water partition coefficient (Wildman–Crippen LogP) is 6.90. The molecule has 1 aliphatic carbocycles. The molecule has 2 amide bonds. The minimum Gasteiger partial charge on any atom is -0.497 e. The number of aryl methyl sites for hydroxylation is 2. The lowest BCUT2D eigenvalue weighted by molar-refractivity contribution is -0.140. The maximum atomic E-state index is 14.9. The molecule has 5 rings (SSSR count). The summed E-state index contributed by atoms with van der Waals surface area (Å²) >= 11 is 0. The number of anilines is 1. The molecular formula is C40H47N3O5S. The van der Waals surface area contributed by atoms with Gasteiger partial charge in [0.05, 0.1) is 17.7 Å². The van der Waals surface area contributed by atoms with Gasteiger partial charge in [-0.15, -0.1) is 0 Å². The van der Waals surface area contributed by atoms with Crippen molar-refractivity contribution in [2.75, 3.05) is 18.0 Å². The van der Waals surface area contributed by atoms with E-state index in [-0.39, 0.29) is 29.8 Å². The Morgan fingerprint density at radius 1 is 0.837 bits per heavy atom. The van der Waals surface area contributed by atoms with Crippen LogP contribution in [0.25, 0.3) is 0 Å². The van der Waals surface area contributed by atoms with E-state index in [1.165, 1.54) is 4.31 Å². The van der Waals surface area contributed by atoms with Crippen LogP contribution in [-0.2, 0) is 32.6 Å². The second-order valence-corrected chi connectivity index (χ2v) is 14.8. The average Bonchev–Trinajstić information content (AvgIpc) is 3.11. The Hall–Kier alpha value is -4.63. The molecule has 9 heteroatoms. The number of hydrogen-bond acceptors (Lipinski definition) is 5. The molecule has 4 aromatic rings. The predicted molar refractivity (Wildman–Crippen MR) is 194 cm³/mol. The lowest BCUT2D eigenvalue weighted by Gasteiger charge is -2.35. The highest BCUT2D eigenvalue weighted by Gasteiger charge is 2.36. The summed E-state index contributed by atoms with van der Waals surface area (Å²) in [6.07, 6.45) is 5.28. The summed E-state index contributed by atoms with van der Waals surface area (Å²) in [7, 11) is -2.61. The first-order valence-electron chi connectivity index (χ1n) is 17.0. The lowest BCUT2D eigenvalue weighted by Crippen LogP contribution is -2.55. The van der Waals surface area contributed by atoms with Gasteiger partial charge in [-0.1, -0.05) is 91.6 Å². The number of hydrogen-bond donors (Lipinski definition) is 1. The summed E-state index contributed by atoms with van der Waals surface area (Å²) in [5, 5.41) is 3.26. The molecule has 1 atom stereocenters. The molecule has 0 saturated heterocycles. The monoisotopic (exact) mass is 681 g/mol. The number of rotatable bonds is 13. The van der Waals surface area contributed by atoms with Gasteiger partial charge >= 0.3 is 0 Å². The molecule has 8 nitrogen and oxygen atoms in total. The van der Waals surface area contributed by atoms with Gasteiger partial charge in [-0.25, -0.2) is 8.42 Å². The molecule has 258 valence electrons. The summed E-state index contributed by atoms with van der Waals surface area (Å²) in [5.74, 6) is -0.110. The number of nitrogens with one attached hydrogen (secondary N) is 1. The van der Waals surface area contributed by atoms with Crippen LogP contribution in [0.3, 0.4) is 0 Å². The Kier molecular flexibility index (Phi) is 11.8. The van der Waals surface area contributed by atoms with Crippen LogP contribution < -0.4 is 14.4 Å². The van der Waals surface area contributed by atoms with Crippen LogP contribution in [-0.4, -0.2) is 50.9 Å². The van der Waals surface area contributed by atoms with Crippen LogP contribution in [0.15, 0.2) is 102 Å². The molecule has 49 heavy (non-hydrogen) atoms. The topological polar surface area (TPSA) is 96.0 Å². The first-order valence-corrected chi connectivity index (χ1v) is 18.4. The third-order valence-corrected chi connectivity index (χ3v) is 11.2. The van der Waals surface area contributed by atoms with E-state index in [4.69, 9.17) is 4.74 Å². The number of benzene rings is 4. The Balaban J connectivity index is 1.59. The Morgan fingerprint density at radius 3 is 2.20 bits per heavy atom. The van der Waals surface area contributed by atoms with E-state index in [2.05, 4.69) is 5.32 Å². The molecule has 0 aliphatic heterocycles. The minimum absolute atomic E-state index is 0.0293. The quantitative estimate of drug-likeness (QED) is 0.166. The van der Waals surface area contributed by atoms with Crippen molar-refractivity contribution in [3.05, 3.63) is 125 Å². The third-order valence-electron chi connectivity index (χ3n) is 9.44. The summed E-state index contributed by atoms with van der Waals surface area (Å²) in [4.78, 5) is 30.8. The van der Waals surface area contributed by atoms with Gasteiger partial charge in [0.25, 0.3) is 10.0 Å². The number of carbonyl (C=O) groups excluding carboxylic acids is 2. The normalized spacial score (nSPS) is 14.1. The molecule has 4 aromatic carbocycles. The minimum atomic E-state index is -4.18. The SMILES string of the molecule is COc1cccc(CN(C(=O)CN(c2cccc(C)c2C)S(=O)(=O)c2ccc(C)cc2)C(Cc2ccccc2)C(=O)NC2CCCCC2)c1. The van der Waals surface area contributed by atoms with Gasteiger partial charge in [-0.05, 0) is 86.2 Å². The van der Waals surface area contributed by atoms with E-state index >= 15 is 0 Å². The third kappa shape index (κ3) is 8.89. The zero-order chi connectivity index (χ0) is 35.0. The van der Waals surface area contributed by atoms with Crippen molar-refractivity contribution in [1.29, 1.82) is 0 Å². The van der Waals surface area contributed by atoms with Crippen LogP contribution in [0.5, 0.6) is 5.75 Å². The van der Waals surface area contributed by atoms with E-state index in [0.29, 0.717) is 11.4 Å². The summed E-state index contributed by atoms with van der Waals surface area (Å²) in [6.45, 7) is 5.25. The first-order chi connectivity index (χ1) is 23.6. The van der Waals surface area contributed by atoms with Crippen molar-refractivity contribution in [3.63, 3.8) is 0 Å². The molecular weight excluding hydrogens is 635 g/mol. The molecule has 1 N–H and O–H groups in total. The Bertz CT molecular complexity index is 1840. The van der Waals surface area contributed by atoms with Crippen molar-refractivity contribution in [2.24, 2.45) is 0 Å². The smallest absolute Gasteiger partial charge is 0.264 e. The van der Waals surface area contributed by atoms with Crippen molar-refractivity contribution in [1.82, 2.24) is 10.2 Å². The number of ether oxygens (including phenoxy) is 1. The average molecular weight is 682 g/mol. The van der Waals surface area contributed by atoms with Crippen molar-refractivity contribution >= 4 is 27.5 Å². The van der Waals surface area contributed by atoms with Gasteiger partial charge < -0.3 is 15.0 Å². The maximum absolute atomic E-state index is 14.9. The first kappa shape index (κ1) is 35.7. The van der Waals surface area contributed by atoms with Gasteiger partial charge in [-0.2, -0.15) is 0 Å². The van der Waals surface area contributed by atoms with Crippen LogP contribution in [0.1, 0.15) is 59.9 Å². The summed E-state index contributed by atoms with van der Waals surface area (Å²) < 4.78 is 35.5. The largest absolute Gasteiger partial charge is 0.497 e.